The number of benzene rings is 1. The van der Waals surface area contributed by atoms with Gasteiger partial charge in [0, 0.05) is 12.1 Å². The van der Waals surface area contributed by atoms with Crippen molar-refractivity contribution >= 4 is 11.4 Å². The summed E-state index contributed by atoms with van der Waals surface area (Å²) < 4.78 is 0. The van der Waals surface area contributed by atoms with Crippen molar-refractivity contribution in [1.29, 1.82) is 0 Å². The van der Waals surface area contributed by atoms with Crippen LogP contribution in [0.2, 0.25) is 0 Å². The van der Waals surface area contributed by atoms with Crippen LogP contribution in [0.4, 0.5) is 11.4 Å². The normalized spacial score (nSPS) is 9.85. The number of nitrogens with two attached hydrogens (primary N) is 1. The van der Waals surface area contributed by atoms with E-state index in [1.807, 2.05) is 0 Å². The van der Waals surface area contributed by atoms with Crippen molar-refractivity contribution in [3.63, 3.8) is 0 Å². The lowest BCUT2D eigenvalue weighted by atomic mass is 10.1. The van der Waals surface area contributed by atoms with Gasteiger partial charge in [-0.15, -0.1) is 0 Å². The smallest absolute Gasteiger partial charge is 0.318 e. The number of hydrogen-bond donors (Lipinski definition) is 2. The van der Waals surface area contributed by atoms with E-state index in [9.17, 15) is 25.3 Å². The van der Waals surface area contributed by atoms with Gasteiger partial charge >= 0.3 is 11.4 Å². The Balaban J connectivity index is 0.000000511. The summed E-state index contributed by atoms with van der Waals surface area (Å²) in [4.78, 5) is 19.0. The lowest BCUT2D eigenvalue weighted by Gasteiger charge is -1.98. The molecule has 8 heteroatoms. The summed E-state index contributed by atoms with van der Waals surface area (Å²) in [6, 6.07) is 2.14. The average molecular weight is 285 g/mol. The molecule has 8 nitrogen and oxygen atoms in total. The Hall–Kier alpha value is -2.22. The second-order valence-electron chi connectivity index (χ2n) is 4.64. The molecule has 0 aliphatic carbocycles. The molecule has 0 aromatic heterocycles. The van der Waals surface area contributed by atoms with Crippen LogP contribution in [0.1, 0.15) is 25.8 Å². The van der Waals surface area contributed by atoms with Gasteiger partial charge in [0.2, 0.25) is 0 Å². The minimum Gasteiger partial charge on any atom is -0.497 e. The van der Waals surface area contributed by atoms with E-state index in [1.54, 1.807) is 0 Å². The molecule has 0 heterocycles. The molecular weight excluding hydrogens is 266 g/mol. The molecule has 0 radical (unpaired) electrons. The van der Waals surface area contributed by atoms with Gasteiger partial charge in [0.25, 0.3) is 5.75 Å². The summed E-state index contributed by atoms with van der Waals surface area (Å²) >= 11 is 0. The number of phenols is 1. The summed E-state index contributed by atoms with van der Waals surface area (Å²) in [6.07, 6.45) is 1.15. The summed E-state index contributed by atoms with van der Waals surface area (Å²) in [5, 5.41) is 29.9. The lowest BCUT2D eigenvalue weighted by Crippen LogP contribution is -2.01. The van der Waals surface area contributed by atoms with Crippen LogP contribution in [0.25, 0.3) is 0 Å². The van der Waals surface area contributed by atoms with E-state index >= 15 is 0 Å². The van der Waals surface area contributed by atoms with Gasteiger partial charge in [0.15, 0.2) is 0 Å². The van der Waals surface area contributed by atoms with Crippen LogP contribution in [0.5, 0.6) is 5.75 Å². The highest BCUT2D eigenvalue weighted by molar-refractivity contribution is 5.60. The maximum Gasteiger partial charge on any atom is 0.318 e. The molecule has 0 atom stereocenters. The van der Waals surface area contributed by atoms with Crippen molar-refractivity contribution < 1.29 is 15.0 Å². The predicted molar refractivity (Wildman–Crippen MR) is 74.7 cm³/mol. The number of aromatic hydroxyl groups is 1. The number of hydrogen-bond acceptors (Lipinski definition) is 6. The van der Waals surface area contributed by atoms with Gasteiger partial charge in [-0.05, 0) is 31.4 Å². The Bertz CT molecular complexity index is 453. The van der Waals surface area contributed by atoms with Gasteiger partial charge in [-0.3, -0.25) is 20.2 Å². The Labute approximate surface area is 116 Å². The Morgan fingerprint density at radius 1 is 1.20 bits per heavy atom. The summed E-state index contributed by atoms with van der Waals surface area (Å²) in [5.41, 5.74) is 4.27. The van der Waals surface area contributed by atoms with Crippen molar-refractivity contribution in [2.75, 3.05) is 6.54 Å². The maximum atomic E-state index is 10.4. The molecule has 0 saturated carbocycles. The SMILES string of the molecule is CC(C)CCN.Cc1cc([N+](=O)[O-])c(O)c([N+](=O)[O-])c1. The largest absolute Gasteiger partial charge is 0.497 e. The first-order valence-electron chi connectivity index (χ1n) is 6.03. The Morgan fingerprint density at radius 3 is 1.80 bits per heavy atom. The number of nitrogens with zero attached hydrogens (tertiary/aromatic N) is 2. The fourth-order valence-corrected chi connectivity index (χ4v) is 1.35. The molecule has 3 N–H and O–H groups in total. The molecule has 0 unspecified atom stereocenters. The molecule has 0 aliphatic rings. The molecular formula is C12H19N3O5. The topological polar surface area (TPSA) is 133 Å². The monoisotopic (exact) mass is 285 g/mol. The zero-order valence-electron chi connectivity index (χ0n) is 11.7. The highest BCUT2D eigenvalue weighted by Crippen LogP contribution is 2.36. The Morgan fingerprint density at radius 2 is 1.60 bits per heavy atom. The van der Waals surface area contributed by atoms with Crippen molar-refractivity contribution in [2.24, 2.45) is 11.7 Å². The zero-order chi connectivity index (χ0) is 15.9. The van der Waals surface area contributed by atoms with E-state index in [4.69, 9.17) is 5.73 Å². The molecule has 0 spiro atoms. The molecule has 0 saturated heterocycles. The lowest BCUT2D eigenvalue weighted by molar-refractivity contribution is -0.396. The van der Waals surface area contributed by atoms with Crippen molar-refractivity contribution in [3.05, 3.63) is 37.9 Å². The third kappa shape index (κ3) is 5.61. The van der Waals surface area contributed by atoms with Crippen LogP contribution in [0.15, 0.2) is 12.1 Å². The Kier molecular flexibility index (Phi) is 7.16. The highest BCUT2D eigenvalue weighted by Gasteiger charge is 2.24. The standard InChI is InChI=1S/C7H6N2O5.C5H13N/c1-4-2-5(8(11)12)7(10)6(3-4)9(13)14;1-5(2)3-4-6/h2-3,10H,1H3;5H,3-4,6H2,1-2H3. The summed E-state index contributed by atoms with van der Waals surface area (Å²) in [5.74, 6) is -0.138. The minimum absolute atomic E-state index is 0.348. The summed E-state index contributed by atoms with van der Waals surface area (Å²) in [6.45, 7) is 6.65. The molecule has 1 rings (SSSR count). The predicted octanol–water partition coefficient (Wildman–Crippen LogP) is 2.51. The molecule has 0 bridgehead atoms. The van der Waals surface area contributed by atoms with Crippen molar-refractivity contribution in [3.8, 4) is 5.75 Å². The first kappa shape index (κ1) is 17.8. The molecule has 0 fully saturated rings. The number of nitro groups is 2. The van der Waals surface area contributed by atoms with Crippen molar-refractivity contribution in [2.45, 2.75) is 27.2 Å². The molecule has 0 amide bonds. The average Bonchev–Trinajstić information content (AvgIpc) is 2.31. The van der Waals surface area contributed by atoms with Gasteiger partial charge in [-0.25, -0.2) is 0 Å². The first-order chi connectivity index (χ1) is 9.20. The second kappa shape index (κ2) is 8.05. The molecule has 20 heavy (non-hydrogen) atoms. The van der Waals surface area contributed by atoms with E-state index in [1.165, 1.54) is 6.92 Å². The van der Waals surface area contributed by atoms with Gasteiger partial charge in [0.05, 0.1) is 9.85 Å². The third-order valence-electron chi connectivity index (χ3n) is 2.35. The van der Waals surface area contributed by atoms with Crippen LogP contribution < -0.4 is 5.73 Å². The third-order valence-corrected chi connectivity index (χ3v) is 2.35. The number of nitro benzene ring substituents is 2. The van der Waals surface area contributed by atoms with Crippen molar-refractivity contribution in [1.82, 2.24) is 0 Å². The van der Waals surface area contributed by atoms with Crippen LogP contribution in [0, 0.1) is 33.1 Å². The zero-order valence-corrected chi connectivity index (χ0v) is 11.7. The number of phenolic OH excluding ortho intramolecular Hbond substituents is 1. The fourth-order valence-electron chi connectivity index (χ4n) is 1.35. The second-order valence-corrected chi connectivity index (χ2v) is 4.64. The van der Waals surface area contributed by atoms with Gasteiger partial charge in [-0.1, -0.05) is 13.8 Å². The molecule has 112 valence electrons. The van der Waals surface area contributed by atoms with E-state index in [0.717, 1.165) is 31.0 Å². The molecule has 1 aromatic carbocycles. The van der Waals surface area contributed by atoms with Gasteiger partial charge in [0.1, 0.15) is 0 Å². The molecule has 0 aliphatic heterocycles. The summed E-state index contributed by atoms with van der Waals surface area (Å²) in [7, 11) is 0. The van der Waals surface area contributed by atoms with E-state index in [0.29, 0.717) is 5.56 Å². The maximum absolute atomic E-state index is 10.4. The number of rotatable bonds is 4. The molecule has 1 aromatic rings. The fraction of sp³-hybridized carbons (Fsp3) is 0.500. The van der Waals surface area contributed by atoms with Crippen LogP contribution in [-0.2, 0) is 0 Å². The van der Waals surface area contributed by atoms with E-state index in [2.05, 4.69) is 13.8 Å². The van der Waals surface area contributed by atoms with E-state index in [-0.39, 0.29) is 0 Å². The quantitative estimate of drug-likeness (QED) is 0.645. The number of aryl methyl sites for hydroxylation is 1. The van der Waals surface area contributed by atoms with E-state index < -0.39 is 27.0 Å². The van der Waals surface area contributed by atoms with Gasteiger partial charge < -0.3 is 10.8 Å². The van der Waals surface area contributed by atoms with Crippen LogP contribution >= 0.6 is 0 Å². The first-order valence-corrected chi connectivity index (χ1v) is 6.03. The minimum atomic E-state index is -0.911. The van der Waals surface area contributed by atoms with Crippen LogP contribution in [-0.4, -0.2) is 21.5 Å². The van der Waals surface area contributed by atoms with Crippen LogP contribution in [0.3, 0.4) is 0 Å². The van der Waals surface area contributed by atoms with Gasteiger partial charge in [-0.2, -0.15) is 0 Å². The highest BCUT2D eigenvalue weighted by atomic mass is 16.6.